The number of rotatable bonds is 0. The van der Waals surface area contributed by atoms with E-state index in [9.17, 15) is 0 Å². The molecule has 3 rings (SSSR count). The van der Waals surface area contributed by atoms with Crippen LogP contribution in [-0.4, -0.2) is 24.9 Å². The summed E-state index contributed by atoms with van der Waals surface area (Å²) < 4.78 is 0. The standard InChI is InChI=1S/C6H5N3.C4H4N2/c1-2-5-6(7-3-1)9-4-8-5;1-2-6-4-3-5-1/h1-4H,(H,7,8,9);1-4H. The van der Waals surface area contributed by atoms with Crippen LogP contribution >= 0.6 is 0 Å². The zero-order valence-corrected chi connectivity index (χ0v) is 7.91. The van der Waals surface area contributed by atoms with Gasteiger partial charge in [0.2, 0.25) is 0 Å². The topological polar surface area (TPSA) is 67.3 Å². The fourth-order valence-electron chi connectivity index (χ4n) is 1.03. The Morgan fingerprint density at radius 2 is 1.60 bits per heavy atom. The number of nitrogens with one attached hydrogen (secondary N) is 1. The van der Waals surface area contributed by atoms with Gasteiger partial charge in [-0.2, -0.15) is 0 Å². The molecular formula is C10H9N5. The molecule has 0 aliphatic carbocycles. The van der Waals surface area contributed by atoms with Crippen molar-refractivity contribution in [2.24, 2.45) is 0 Å². The molecule has 5 heteroatoms. The van der Waals surface area contributed by atoms with Crippen molar-refractivity contribution in [2.45, 2.75) is 0 Å². The molecule has 0 unspecified atom stereocenters. The third-order valence-electron chi connectivity index (χ3n) is 1.67. The van der Waals surface area contributed by atoms with Crippen molar-refractivity contribution in [3.05, 3.63) is 49.4 Å². The Morgan fingerprint density at radius 1 is 0.867 bits per heavy atom. The second-order valence-corrected chi connectivity index (χ2v) is 2.67. The van der Waals surface area contributed by atoms with E-state index in [-0.39, 0.29) is 0 Å². The van der Waals surface area contributed by atoms with Crippen molar-refractivity contribution in [3.8, 4) is 0 Å². The third-order valence-corrected chi connectivity index (χ3v) is 1.67. The summed E-state index contributed by atoms with van der Waals surface area (Å²) in [6.07, 6.45) is 9.92. The van der Waals surface area contributed by atoms with E-state index in [0.29, 0.717) is 0 Å². The van der Waals surface area contributed by atoms with Crippen molar-refractivity contribution in [1.82, 2.24) is 24.9 Å². The van der Waals surface area contributed by atoms with Gasteiger partial charge in [0.15, 0.2) is 5.65 Å². The predicted octanol–water partition coefficient (Wildman–Crippen LogP) is 1.43. The van der Waals surface area contributed by atoms with Crippen molar-refractivity contribution in [3.63, 3.8) is 0 Å². The van der Waals surface area contributed by atoms with E-state index >= 15 is 0 Å². The first-order chi connectivity index (χ1) is 7.47. The maximum absolute atomic E-state index is 4.00. The Bertz CT molecular complexity index is 448. The quantitative estimate of drug-likeness (QED) is 0.594. The van der Waals surface area contributed by atoms with Crippen LogP contribution < -0.4 is 0 Å². The average Bonchev–Trinajstić information content (AvgIpc) is 2.80. The summed E-state index contributed by atoms with van der Waals surface area (Å²) in [5.74, 6) is 0. The van der Waals surface area contributed by atoms with Crippen molar-refractivity contribution in [2.75, 3.05) is 0 Å². The van der Waals surface area contributed by atoms with Gasteiger partial charge in [-0.15, -0.1) is 0 Å². The summed E-state index contributed by atoms with van der Waals surface area (Å²) in [4.78, 5) is 18.3. The molecule has 0 saturated heterocycles. The number of imidazole rings is 1. The van der Waals surface area contributed by atoms with Crippen LogP contribution in [0.5, 0.6) is 0 Å². The van der Waals surface area contributed by atoms with Crippen molar-refractivity contribution >= 4 is 11.2 Å². The molecule has 3 aromatic heterocycles. The van der Waals surface area contributed by atoms with Gasteiger partial charge in [-0.25, -0.2) is 9.97 Å². The van der Waals surface area contributed by atoms with Gasteiger partial charge in [0.25, 0.3) is 0 Å². The van der Waals surface area contributed by atoms with Gasteiger partial charge in [0.05, 0.1) is 11.8 Å². The predicted molar refractivity (Wildman–Crippen MR) is 55.9 cm³/mol. The Morgan fingerprint density at radius 3 is 2.20 bits per heavy atom. The van der Waals surface area contributed by atoms with Gasteiger partial charge < -0.3 is 4.98 Å². The summed E-state index contributed by atoms with van der Waals surface area (Å²) in [5, 5.41) is 0. The van der Waals surface area contributed by atoms with Crippen LogP contribution in [0.3, 0.4) is 0 Å². The van der Waals surface area contributed by atoms with Gasteiger partial charge in [-0.05, 0) is 12.1 Å². The molecule has 1 N–H and O–H groups in total. The van der Waals surface area contributed by atoms with Crippen LogP contribution in [0.15, 0.2) is 49.4 Å². The van der Waals surface area contributed by atoms with Crippen molar-refractivity contribution < 1.29 is 0 Å². The van der Waals surface area contributed by atoms with Crippen LogP contribution in [0.2, 0.25) is 0 Å². The smallest absolute Gasteiger partial charge is 0.177 e. The molecule has 15 heavy (non-hydrogen) atoms. The van der Waals surface area contributed by atoms with Crippen molar-refractivity contribution in [1.29, 1.82) is 0 Å². The Hall–Kier alpha value is -2.30. The molecule has 0 aliphatic rings. The molecule has 0 amide bonds. The lowest BCUT2D eigenvalue weighted by Crippen LogP contribution is -1.71. The number of pyridine rings is 1. The van der Waals surface area contributed by atoms with E-state index in [1.165, 1.54) is 0 Å². The average molecular weight is 199 g/mol. The van der Waals surface area contributed by atoms with Crippen LogP contribution in [0.4, 0.5) is 0 Å². The van der Waals surface area contributed by atoms with E-state index in [4.69, 9.17) is 0 Å². The van der Waals surface area contributed by atoms with E-state index < -0.39 is 0 Å². The van der Waals surface area contributed by atoms with E-state index in [1.54, 1.807) is 37.3 Å². The Kier molecular flexibility index (Phi) is 2.97. The number of nitrogens with zero attached hydrogens (tertiary/aromatic N) is 4. The molecule has 0 atom stereocenters. The summed E-state index contributed by atoms with van der Waals surface area (Å²) >= 11 is 0. The first-order valence-corrected chi connectivity index (χ1v) is 4.41. The van der Waals surface area contributed by atoms with E-state index in [1.807, 2.05) is 12.1 Å². The van der Waals surface area contributed by atoms with Gasteiger partial charge in [-0.3, -0.25) is 9.97 Å². The zero-order valence-electron chi connectivity index (χ0n) is 7.91. The highest BCUT2D eigenvalue weighted by Gasteiger charge is 1.90. The van der Waals surface area contributed by atoms with Gasteiger partial charge in [0, 0.05) is 31.0 Å². The van der Waals surface area contributed by atoms with Crippen LogP contribution in [0, 0.1) is 0 Å². The summed E-state index contributed by atoms with van der Waals surface area (Å²) in [5.41, 5.74) is 1.76. The fraction of sp³-hybridized carbons (Fsp3) is 0. The molecule has 0 aromatic carbocycles. The zero-order chi connectivity index (χ0) is 10.3. The number of aromatic amines is 1. The Balaban J connectivity index is 0.000000124. The summed E-state index contributed by atoms with van der Waals surface area (Å²) in [7, 11) is 0. The molecule has 0 spiro atoms. The normalized spacial score (nSPS) is 9.33. The minimum Gasteiger partial charge on any atom is -0.343 e. The molecule has 74 valence electrons. The molecule has 3 aromatic rings. The lowest BCUT2D eigenvalue weighted by molar-refractivity contribution is 1.20. The largest absolute Gasteiger partial charge is 0.343 e. The molecule has 0 saturated carbocycles. The third kappa shape index (κ3) is 2.57. The maximum Gasteiger partial charge on any atom is 0.177 e. The second kappa shape index (κ2) is 4.80. The molecule has 0 bridgehead atoms. The second-order valence-electron chi connectivity index (χ2n) is 2.67. The molecular weight excluding hydrogens is 190 g/mol. The number of fused-ring (bicyclic) bond motifs is 1. The van der Waals surface area contributed by atoms with Crippen LogP contribution in [0.1, 0.15) is 0 Å². The monoisotopic (exact) mass is 199 g/mol. The molecule has 0 aliphatic heterocycles. The maximum atomic E-state index is 4.00. The highest BCUT2D eigenvalue weighted by atomic mass is 14.9. The highest BCUT2D eigenvalue weighted by molar-refractivity contribution is 5.68. The first-order valence-electron chi connectivity index (χ1n) is 4.41. The fourth-order valence-corrected chi connectivity index (χ4v) is 1.03. The lowest BCUT2D eigenvalue weighted by atomic mass is 10.4. The lowest BCUT2D eigenvalue weighted by Gasteiger charge is -1.80. The minimum atomic E-state index is 0.775. The van der Waals surface area contributed by atoms with E-state index in [0.717, 1.165) is 11.2 Å². The number of hydrogen-bond acceptors (Lipinski definition) is 4. The highest BCUT2D eigenvalue weighted by Crippen LogP contribution is 2.01. The van der Waals surface area contributed by atoms with Crippen LogP contribution in [-0.2, 0) is 0 Å². The molecule has 3 heterocycles. The van der Waals surface area contributed by atoms with Gasteiger partial charge in [-0.1, -0.05) is 0 Å². The number of H-pyrrole nitrogens is 1. The summed E-state index contributed by atoms with van der Waals surface area (Å²) in [6, 6.07) is 3.82. The first kappa shape index (κ1) is 9.26. The SMILES string of the molecule is c1cnc2nc[nH]c2c1.c1cnccn1. The van der Waals surface area contributed by atoms with Gasteiger partial charge >= 0.3 is 0 Å². The minimum absolute atomic E-state index is 0.775. The number of aromatic nitrogens is 5. The molecule has 0 radical (unpaired) electrons. The van der Waals surface area contributed by atoms with E-state index in [2.05, 4.69) is 24.9 Å². The Labute approximate surface area is 86.3 Å². The van der Waals surface area contributed by atoms with Crippen LogP contribution in [0.25, 0.3) is 11.2 Å². The van der Waals surface area contributed by atoms with Gasteiger partial charge in [0.1, 0.15) is 0 Å². The number of hydrogen-bond donors (Lipinski definition) is 1. The molecule has 0 fully saturated rings. The molecule has 5 nitrogen and oxygen atoms in total. The summed E-state index contributed by atoms with van der Waals surface area (Å²) in [6.45, 7) is 0.